The first-order valence-electron chi connectivity index (χ1n) is 11.0. The highest BCUT2D eigenvalue weighted by atomic mass is 19.4. The average Bonchev–Trinajstić information content (AvgIpc) is 2.79. The number of aliphatic imine (C=N–C) groups is 1. The molecule has 0 spiro atoms. The fourth-order valence-corrected chi connectivity index (χ4v) is 3.71. The summed E-state index contributed by atoms with van der Waals surface area (Å²) in [7, 11) is 0. The standard InChI is InChI=1S/C23H30F3N5O/c1-2-27-22(28-11-4-6-13-30-12-5-3-10-21(30)32)31-16-14-29(15-17-31)20-9-7-8-19(18-20)23(24,25)26/h3,5,7-10,12,18H,2,4,6,11,13-17H2,1H3,(H,27,28). The number of aryl methyl sites for hydroxylation is 1. The number of aromatic nitrogens is 1. The van der Waals surface area contributed by atoms with Crippen LogP contribution in [0.25, 0.3) is 0 Å². The van der Waals surface area contributed by atoms with E-state index >= 15 is 0 Å². The van der Waals surface area contributed by atoms with Crippen molar-refractivity contribution in [2.24, 2.45) is 4.99 Å². The van der Waals surface area contributed by atoms with Crippen molar-refractivity contribution in [3.63, 3.8) is 0 Å². The number of benzene rings is 1. The minimum absolute atomic E-state index is 0.00276. The zero-order valence-electron chi connectivity index (χ0n) is 18.3. The lowest BCUT2D eigenvalue weighted by Crippen LogP contribution is -2.52. The van der Waals surface area contributed by atoms with Crippen molar-refractivity contribution in [3.05, 3.63) is 64.6 Å². The molecule has 1 aliphatic heterocycles. The molecule has 0 amide bonds. The fourth-order valence-electron chi connectivity index (χ4n) is 3.71. The van der Waals surface area contributed by atoms with Crippen LogP contribution in [0.2, 0.25) is 0 Å². The van der Waals surface area contributed by atoms with Crippen LogP contribution in [0.15, 0.2) is 58.4 Å². The molecule has 32 heavy (non-hydrogen) atoms. The summed E-state index contributed by atoms with van der Waals surface area (Å²) in [5.74, 6) is 0.827. The van der Waals surface area contributed by atoms with Crippen LogP contribution in [0.3, 0.4) is 0 Å². The Kier molecular flexibility index (Phi) is 8.19. The molecule has 0 bridgehead atoms. The van der Waals surface area contributed by atoms with E-state index in [-0.39, 0.29) is 5.56 Å². The molecule has 0 radical (unpaired) electrons. The molecule has 0 unspecified atom stereocenters. The lowest BCUT2D eigenvalue weighted by atomic mass is 10.1. The maximum absolute atomic E-state index is 13.0. The summed E-state index contributed by atoms with van der Waals surface area (Å²) in [6.07, 6.45) is -0.826. The third-order valence-corrected chi connectivity index (χ3v) is 5.42. The van der Waals surface area contributed by atoms with Crippen LogP contribution in [0.4, 0.5) is 18.9 Å². The molecule has 1 saturated heterocycles. The normalized spacial score (nSPS) is 15.2. The molecule has 0 saturated carbocycles. The molecule has 9 heteroatoms. The van der Waals surface area contributed by atoms with Crippen LogP contribution in [-0.2, 0) is 12.7 Å². The van der Waals surface area contributed by atoms with Crippen molar-refractivity contribution in [2.45, 2.75) is 32.5 Å². The van der Waals surface area contributed by atoms with Crippen molar-refractivity contribution < 1.29 is 13.2 Å². The maximum atomic E-state index is 13.0. The topological polar surface area (TPSA) is 52.9 Å². The highest BCUT2D eigenvalue weighted by molar-refractivity contribution is 5.80. The van der Waals surface area contributed by atoms with E-state index in [0.29, 0.717) is 45.0 Å². The minimum atomic E-state index is -4.34. The number of piperazine rings is 1. The summed E-state index contributed by atoms with van der Waals surface area (Å²) in [6, 6.07) is 10.6. The van der Waals surface area contributed by atoms with Gasteiger partial charge in [0.15, 0.2) is 5.96 Å². The first-order valence-corrected chi connectivity index (χ1v) is 11.0. The monoisotopic (exact) mass is 449 g/mol. The summed E-state index contributed by atoms with van der Waals surface area (Å²) >= 11 is 0. The van der Waals surface area contributed by atoms with Crippen molar-refractivity contribution in [1.29, 1.82) is 0 Å². The lowest BCUT2D eigenvalue weighted by molar-refractivity contribution is -0.137. The summed E-state index contributed by atoms with van der Waals surface area (Å²) in [5.41, 5.74) is -0.0225. The summed E-state index contributed by atoms with van der Waals surface area (Å²) in [4.78, 5) is 20.6. The zero-order valence-corrected chi connectivity index (χ0v) is 18.3. The van der Waals surface area contributed by atoms with Gasteiger partial charge in [0.2, 0.25) is 5.56 Å². The number of anilines is 1. The number of alkyl halides is 3. The molecule has 2 heterocycles. The average molecular weight is 450 g/mol. The van der Waals surface area contributed by atoms with Crippen LogP contribution in [0.1, 0.15) is 25.3 Å². The maximum Gasteiger partial charge on any atom is 0.416 e. The molecule has 1 N–H and O–H groups in total. The number of pyridine rings is 1. The lowest BCUT2D eigenvalue weighted by Gasteiger charge is -2.38. The molecule has 174 valence electrons. The van der Waals surface area contributed by atoms with Crippen LogP contribution in [0.5, 0.6) is 0 Å². The first kappa shape index (κ1) is 23.7. The molecule has 1 aromatic heterocycles. The van der Waals surface area contributed by atoms with Gasteiger partial charge in [-0.2, -0.15) is 13.2 Å². The second kappa shape index (κ2) is 11.1. The minimum Gasteiger partial charge on any atom is -0.368 e. The van der Waals surface area contributed by atoms with Crippen LogP contribution in [-0.4, -0.2) is 54.7 Å². The van der Waals surface area contributed by atoms with E-state index in [1.54, 1.807) is 29.0 Å². The SMILES string of the molecule is CCNC(=NCCCCn1ccccc1=O)N1CCN(c2cccc(C(F)(F)F)c2)CC1. The van der Waals surface area contributed by atoms with Gasteiger partial charge in [-0.05, 0) is 44.0 Å². The Balaban J connectivity index is 1.51. The van der Waals surface area contributed by atoms with Gasteiger partial charge in [0.1, 0.15) is 0 Å². The van der Waals surface area contributed by atoms with E-state index in [9.17, 15) is 18.0 Å². The van der Waals surface area contributed by atoms with Crippen LogP contribution < -0.4 is 15.8 Å². The Morgan fingerprint density at radius 2 is 1.84 bits per heavy atom. The molecule has 3 rings (SSSR count). The van der Waals surface area contributed by atoms with Crippen LogP contribution in [0, 0.1) is 0 Å². The Bertz CT molecular complexity index is 949. The van der Waals surface area contributed by atoms with Gasteiger partial charge in [-0.1, -0.05) is 12.1 Å². The van der Waals surface area contributed by atoms with Gasteiger partial charge in [0.05, 0.1) is 5.56 Å². The van der Waals surface area contributed by atoms with E-state index in [1.807, 2.05) is 17.9 Å². The van der Waals surface area contributed by atoms with Gasteiger partial charge >= 0.3 is 6.18 Å². The molecule has 1 aromatic carbocycles. The second-order valence-corrected chi connectivity index (χ2v) is 7.70. The first-order chi connectivity index (χ1) is 15.4. The van der Waals surface area contributed by atoms with E-state index < -0.39 is 11.7 Å². The Hall–Kier alpha value is -2.97. The smallest absolute Gasteiger partial charge is 0.368 e. The van der Waals surface area contributed by atoms with E-state index in [4.69, 9.17) is 4.99 Å². The quantitative estimate of drug-likeness (QED) is 0.400. The predicted molar refractivity (Wildman–Crippen MR) is 121 cm³/mol. The number of unbranched alkanes of at least 4 members (excludes halogenated alkanes) is 1. The van der Waals surface area contributed by atoms with Gasteiger partial charge in [-0.25, -0.2) is 0 Å². The van der Waals surface area contributed by atoms with Gasteiger partial charge in [0, 0.05) is 63.8 Å². The molecular formula is C23H30F3N5O. The number of halogens is 3. The van der Waals surface area contributed by atoms with E-state index in [2.05, 4.69) is 10.2 Å². The third-order valence-electron chi connectivity index (χ3n) is 5.42. The van der Waals surface area contributed by atoms with Crippen molar-refractivity contribution in [1.82, 2.24) is 14.8 Å². The van der Waals surface area contributed by atoms with Crippen LogP contribution >= 0.6 is 0 Å². The molecule has 6 nitrogen and oxygen atoms in total. The van der Waals surface area contributed by atoms with E-state index in [0.717, 1.165) is 31.4 Å². The molecule has 0 aliphatic carbocycles. The number of guanidine groups is 1. The van der Waals surface area contributed by atoms with E-state index in [1.165, 1.54) is 12.1 Å². The summed E-state index contributed by atoms with van der Waals surface area (Å²) in [5, 5.41) is 3.31. The molecule has 2 aromatic rings. The Labute approximate surface area is 186 Å². The van der Waals surface area contributed by atoms with Crippen molar-refractivity contribution in [3.8, 4) is 0 Å². The molecule has 0 atom stereocenters. The van der Waals surface area contributed by atoms with Crippen molar-refractivity contribution in [2.75, 3.05) is 44.2 Å². The fraction of sp³-hybridized carbons (Fsp3) is 0.478. The molecule has 1 fully saturated rings. The number of hydrogen-bond donors (Lipinski definition) is 1. The Morgan fingerprint density at radius 3 is 2.53 bits per heavy atom. The van der Waals surface area contributed by atoms with Gasteiger partial charge < -0.3 is 19.7 Å². The second-order valence-electron chi connectivity index (χ2n) is 7.70. The predicted octanol–water partition coefficient (Wildman–Crippen LogP) is 3.44. The van der Waals surface area contributed by atoms with Gasteiger partial charge in [-0.3, -0.25) is 9.79 Å². The van der Waals surface area contributed by atoms with Gasteiger partial charge in [-0.15, -0.1) is 0 Å². The molecular weight excluding hydrogens is 419 g/mol. The third kappa shape index (κ3) is 6.51. The van der Waals surface area contributed by atoms with Crippen molar-refractivity contribution >= 4 is 11.6 Å². The molecule has 1 aliphatic rings. The van der Waals surface area contributed by atoms with Gasteiger partial charge in [0.25, 0.3) is 0 Å². The highest BCUT2D eigenvalue weighted by Gasteiger charge is 2.31. The Morgan fingerprint density at radius 1 is 1.06 bits per heavy atom. The number of nitrogens with one attached hydrogen (secondary N) is 1. The largest absolute Gasteiger partial charge is 0.416 e. The number of hydrogen-bond acceptors (Lipinski definition) is 3. The summed E-state index contributed by atoms with van der Waals surface area (Å²) < 4.78 is 40.7. The number of rotatable bonds is 7. The highest BCUT2D eigenvalue weighted by Crippen LogP contribution is 2.31. The zero-order chi connectivity index (χ0) is 23.0. The number of nitrogens with zero attached hydrogens (tertiary/aromatic N) is 4. The summed E-state index contributed by atoms with van der Waals surface area (Å²) in [6.45, 7) is 6.69.